The van der Waals surface area contributed by atoms with Crippen LogP contribution >= 0.6 is 0 Å². The maximum absolute atomic E-state index is 13.3. The Morgan fingerprint density at radius 2 is 1.93 bits per heavy atom. The zero-order chi connectivity index (χ0) is 22.1. The highest BCUT2D eigenvalue weighted by Crippen LogP contribution is 2.33. The van der Waals surface area contributed by atoms with Crippen molar-refractivity contribution in [1.29, 1.82) is 0 Å². The lowest BCUT2D eigenvalue weighted by Gasteiger charge is -2.36. The molecule has 1 aliphatic heterocycles. The molecule has 1 unspecified atom stereocenters. The summed E-state index contributed by atoms with van der Waals surface area (Å²) in [5.74, 6) is -0.749. The first-order valence-electron chi connectivity index (χ1n) is 9.97. The van der Waals surface area contributed by atoms with Crippen molar-refractivity contribution in [3.63, 3.8) is 0 Å². The summed E-state index contributed by atoms with van der Waals surface area (Å²) >= 11 is 0. The predicted molar refractivity (Wildman–Crippen MR) is 108 cm³/mol. The van der Waals surface area contributed by atoms with Crippen molar-refractivity contribution in [2.75, 3.05) is 31.6 Å². The smallest absolute Gasteiger partial charge is 0.444 e. The van der Waals surface area contributed by atoms with Crippen molar-refractivity contribution in [3.8, 4) is 0 Å². The van der Waals surface area contributed by atoms with Gasteiger partial charge in [-0.25, -0.2) is 14.8 Å². The molecule has 1 fully saturated rings. The third kappa shape index (κ3) is 5.31. The third-order valence-corrected chi connectivity index (χ3v) is 4.89. The van der Waals surface area contributed by atoms with Crippen LogP contribution in [0.5, 0.6) is 0 Å². The van der Waals surface area contributed by atoms with E-state index in [1.807, 2.05) is 4.90 Å². The monoisotopic (exact) mass is 424 g/mol. The average molecular weight is 424 g/mol. The first-order chi connectivity index (χ1) is 13.9. The number of amides is 1. The van der Waals surface area contributed by atoms with Crippen LogP contribution in [-0.2, 0) is 10.9 Å². The molecule has 1 aliphatic rings. The topological polar surface area (TPSA) is 58.6 Å². The van der Waals surface area contributed by atoms with E-state index in [0.29, 0.717) is 25.0 Å². The van der Waals surface area contributed by atoms with E-state index in [4.69, 9.17) is 4.74 Å². The first kappa shape index (κ1) is 22.1. The zero-order valence-corrected chi connectivity index (χ0v) is 17.7. The van der Waals surface area contributed by atoms with Crippen LogP contribution in [0.1, 0.15) is 39.4 Å². The first-order valence-corrected chi connectivity index (χ1v) is 9.97. The van der Waals surface area contributed by atoms with Gasteiger partial charge in [-0.15, -0.1) is 0 Å². The van der Waals surface area contributed by atoms with Crippen LogP contribution in [0.4, 0.5) is 23.8 Å². The number of halogens is 3. The fraction of sp³-hybridized carbons (Fsp3) is 0.571. The Morgan fingerprint density at radius 1 is 1.23 bits per heavy atom. The molecule has 1 amide bonds. The number of aromatic nitrogens is 2. The molecule has 1 atom stereocenters. The lowest BCUT2D eigenvalue weighted by atomic mass is 9.97. The average Bonchev–Trinajstić information content (AvgIpc) is 2.65. The Labute approximate surface area is 174 Å². The molecule has 0 N–H and O–H groups in total. The van der Waals surface area contributed by atoms with Gasteiger partial charge in [0.25, 0.3) is 0 Å². The number of nitrogens with zero attached hydrogens (tertiary/aromatic N) is 4. The zero-order valence-electron chi connectivity index (χ0n) is 17.7. The highest BCUT2D eigenvalue weighted by atomic mass is 19.4. The largest absolute Gasteiger partial charge is 0.451 e. The number of carbonyl (C=O) groups is 1. The van der Waals surface area contributed by atoms with E-state index in [0.717, 1.165) is 12.8 Å². The molecule has 0 saturated carbocycles. The summed E-state index contributed by atoms with van der Waals surface area (Å²) in [7, 11) is 1.68. The molecule has 1 saturated heterocycles. The maximum Gasteiger partial charge on any atom is 0.451 e. The lowest BCUT2D eigenvalue weighted by molar-refractivity contribution is -0.144. The van der Waals surface area contributed by atoms with Gasteiger partial charge in [0.05, 0.1) is 5.52 Å². The van der Waals surface area contributed by atoms with Crippen molar-refractivity contribution in [2.24, 2.45) is 5.92 Å². The number of hydrogen-bond donors (Lipinski definition) is 0. The van der Waals surface area contributed by atoms with Crippen LogP contribution in [0.3, 0.4) is 0 Å². The van der Waals surface area contributed by atoms with Crippen molar-refractivity contribution >= 4 is 22.8 Å². The summed E-state index contributed by atoms with van der Waals surface area (Å²) < 4.78 is 45.4. The maximum atomic E-state index is 13.3. The second kappa shape index (κ2) is 8.28. The van der Waals surface area contributed by atoms with Crippen LogP contribution in [-0.4, -0.2) is 53.2 Å². The minimum atomic E-state index is -4.62. The number of para-hydroxylation sites is 1. The van der Waals surface area contributed by atoms with Gasteiger partial charge in [0.1, 0.15) is 11.4 Å². The highest BCUT2D eigenvalue weighted by molar-refractivity contribution is 5.89. The summed E-state index contributed by atoms with van der Waals surface area (Å²) in [4.78, 5) is 23.2. The van der Waals surface area contributed by atoms with Gasteiger partial charge in [-0.1, -0.05) is 12.1 Å². The summed E-state index contributed by atoms with van der Waals surface area (Å²) in [6.07, 6.45) is -3.36. The molecule has 0 aliphatic carbocycles. The van der Waals surface area contributed by atoms with Crippen LogP contribution in [0.15, 0.2) is 24.3 Å². The van der Waals surface area contributed by atoms with Gasteiger partial charge in [-0.2, -0.15) is 13.2 Å². The summed E-state index contributed by atoms with van der Waals surface area (Å²) in [5.41, 5.74) is -0.319. The van der Waals surface area contributed by atoms with Gasteiger partial charge in [0, 0.05) is 32.1 Å². The number of ether oxygens (including phenoxy) is 1. The summed E-state index contributed by atoms with van der Waals surface area (Å²) in [6.45, 7) is 6.98. The van der Waals surface area contributed by atoms with Gasteiger partial charge in [0.15, 0.2) is 0 Å². The van der Waals surface area contributed by atoms with E-state index < -0.39 is 23.7 Å². The third-order valence-electron chi connectivity index (χ3n) is 4.89. The molecule has 6 nitrogen and oxygen atoms in total. The molecule has 0 bridgehead atoms. The minimum Gasteiger partial charge on any atom is -0.444 e. The van der Waals surface area contributed by atoms with E-state index in [1.54, 1.807) is 52.1 Å². The number of fused-ring (bicyclic) bond motifs is 1. The fourth-order valence-electron chi connectivity index (χ4n) is 3.64. The summed E-state index contributed by atoms with van der Waals surface area (Å²) in [5, 5.41) is 0.589. The van der Waals surface area contributed by atoms with E-state index in [1.165, 1.54) is 4.90 Å². The minimum absolute atomic E-state index is 0.0966. The van der Waals surface area contributed by atoms with Gasteiger partial charge in [-0.3, -0.25) is 0 Å². The molecule has 3 rings (SSSR count). The number of rotatable bonds is 3. The van der Waals surface area contributed by atoms with Gasteiger partial charge >= 0.3 is 12.3 Å². The SMILES string of the molecule is CN(CC1CCCN(c2nc(C(F)(F)F)nc3ccccc23)C1)C(=O)OC(C)(C)C. The molecular weight excluding hydrogens is 397 g/mol. The number of benzene rings is 1. The second-order valence-electron chi connectivity index (χ2n) is 8.70. The van der Waals surface area contributed by atoms with Crippen LogP contribution in [0.25, 0.3) is 10.9 Å². The van der Waals surface area contributed by atoms with Crippen molar-refractivity contribution < 1.29 is 22.7 Å². The van der Waals surface area contributed by atoms with E-state index >= 15 is 0 Å². The van der Waals surface area contributed by atoms with Crippen LogP contribution in [0.2, 0.25) is 0 Å². The molecule has 1 aromatic heterocycles. The van der Waals surface area contributed by atoms with Crippen LogP contribution < -0.4 is 4.90 Å². The number of piperidine rings is 1. The van der Waals surface area contributed by atoms with Crippen molar-refractivity contribution in [2.45, 2.75) is 45.4 Å². The van der Waals surface area contributed by atoms with Gasteiger partial charge in [-0.05, 0) is 51.7 Å². The van der Waals surface area contributed by atoms with Crippen molar-refractivity contribution in [3.05, 3.63) is 30.1 Å². The Balaban J connectivity index is 1.81. The summed E-state index contributed by atoms with van der Waals surface area (Å²) in [6, 6.07) is 6.73. The standard InChI is InChI=1S/C21H27F3N4O2/c1-20(2,3)30-19(29)27(4)12-14-8-7-11-28(13-14)17-15-9-5-6-10-16(15)25-18(26-17)21(22,23)24/h5-6,9-10,14H,7-8,11-13H2,1-4H3. The number of anilines is 1. The molecule has 2 heterocycles. The molecule has 0 spiro atoms. The second-order valence-corrected chi connectivity index (χ2v) is 8.70. The predicted octanol–water partition coefficient (Wildman–Crippen LogP) is 4.73. The molecule has 30 heavy (non-hydrogen) atoms. The molecule has 1 aromatic carbocycles. The van der Waals surface area contributed by atoms with Gasteiger partial charge < -0.3 is 14.5 Å². The highest BCUT2D eigenvalue weighted by Gasteiger charge is 2.36. The van der Waals surface area contributed by atoms with Crippen molar-refractivity contribution in [1.82, 2.24) is 14.9 Å². The molecule has 164 valence electrons. The van der Waals surface area contributed by atoms with E-state index in [2.05, 4.69) is 9.97 Å². The Morgan fingerprint density at radius 3 is 2.60 bits per heavy atom. The molecule has 0 radical (unpaired) electrons. The molecule has 2 aromatic rings. The quantitative estimate of drug-likeness (QED) is 0.713. The lowest BCUT2D eigenvalue weighted by Crippen LogP contribution is -2.43. The molecule has 9 heteroatoms. The fourth-order valence-corrected chi connectivity index (χ4v) is 3.64. The Kier molecular flexibility index (Phi) is 6.10. The van der Waals surface area contributed by atoms with E-state index in [-0.39, 0.29) is 17.3 Å². The van der Waals surface area contributed by atoms with Crippen LogP contribution in [0, 0.1) is 5.92 Å². The number of carbonyl (C=O) groups excluding carboxylic acids is 1. The Bertz CT molecular complexity index is 911. The van der Waals surface area contributed by atoms with E-state index in [9.17, 15) is 18.0 Å². The Hall–Kier alpha value is -2.58. The normalized spacial score (nSPS) is 17.8. The molecular formula is C21H27F3N4O2. The number of alkyl halides is 3. The number of hydrogen-bond acceptors (Lipinski definition) is 5. The van der Waals surface area contributed by atoms with Gasteiger partial charge in [0.2, 0.25) is 5.82 Å².